The molecule has 0 N–H and O–H groups in total. The van der Waals surface area contributed by atoms with Crippen LogP contribution in [0.25, 0.3) is 5.69 Å². The average molecular weight is 390 g/mol. The number of ether oxygens (including phenoxy) is 1. The number of carbonyl (C=O) groups excluding carboxylic acids is 2. The number of carbonyl (C=O) groups is 2. The summed E-state index contributed by atoms with van der Waals surface area (Å²) in [7, 11) is 0. The number of nitrogens with zero attached hydrogens (tertiary/aromatic N) is 3. The third-order valence-electron chi connectivity index (χ3n) is 4.96. The molecule has 0 unspecified atom stereocenters. The van der Waals surface area contributed by atoms with Gasteiger partial charge in [0.2, 0.25) is 0 Å². The zero-order valence-corrected chi connectivity index (χ0v) is 16.6. The van der Waals surface area contributed by atoms with Gasteiger partial charge in [0.05, 0.1) is 34.6 Å². The molecule has 1 aliphatic heterocycles. The first-order chi connectivity index (χ1) is 12.9. The molecule has 1 aromatic carbocycles. The van der Waals surface area contributed by atoms with E-state index in [0.29, 0.717) is 43.1 Å². The topological polar surface area (TPSA) is 64.4 Å². The third-order valence-corrected chi connectivity index (χ3v) is 5.51. The van der Waals surface area contributed by atoms with Crippen molar-refractivity contribution < 1.29 is 14.3 Å². The summed E-state index contributed by atoms with van der Waals surface area (Å²) in [5, 5.41) is 5.08. The maximum atomic E-state index is 12.7. The molecule has 0 saturated carbocycles. The highest BCUT2D eigenvalue weighted by molar-refractivity contribution is 6.31. The molecule has 1 aromatic heterocycles. The quantitative estimate of drug-likeness (QED) is 0.750. The Morgan fingerprint density at radius 3 is 2.33 bits per heavy atom. The van der Waals surface area contributed by atoms with Gasteiger partial charge >= 0.3 is 5.97 Å². The molecule has 0 radical (unpaired) electrons. The van der Waals surface area contributed by atoms with Gasteiger partial charge in [-0.1, -0.05) is 11.6 Å². The van der Waals surface area contributed by atoms with Crippen LogP contribution < -0.4 is 0 Å². The largest absolute Gasteiger partial charge is 0.466 e. The molecule has 6 nitrogen and oxygen atoms in total. The van der Waals surface area contributed by atoms with E-state index in [0.717, 1.165) is 17.1 Å². The van der Waals surface area contributed by atoms with Crippen LogP contribution in [0, 0.1) is 19.8 Å². The number of likely N-dealkylation sites (tertiary alicyclic amines) is 1. The minimum Gasteiger partial charge on any atom is -0.466 e. The molecule has 0 bridgehead atoms. The second-order valence-electron chi connectivity index (χ2n) is 6.76. The average Bonchev–Trinajstić information content (AvgIpc) is 2.95. The van der Waals surface area contributed by atoms with Gasteiger partial charge in [-0.25, -0.2) is 4.68 Å². The molecule has 2 heterocycles. The molecule has 1 fully saturated rings. The molecule has 1 aliphatic rings. The van der Waals surface area contributed by atoms with Crippen molar-refractivity contribution in [3.05, 3.63) is 46.2 Å². The number of rotatable bonds is 4. The van der Waals surface area contributed by atoms with E-state index in [2.05, 4.69) is 5.10 Å². The van der Waals surface area contributed by atoms with Gasteiger partial charge in [-0.3, -0.25) is 9.59 Å². The summed E-state index contributed by atoms with van der Waals surface area (Å²) >= 11 is 6.21. The summed E-state index contributed by atoms with van der Waals surface area (Å²) in [5.74, 6) is -0.278. The van der Waals surface area contributed by atoms with Crippen molar-refractivity contribution in [2.24, 2.45) is 5.92 Å². The highest BCUT2D eigenvalue weighted by Gasteiger charge is 2.28. The van der Waals surface area contributed by atoms with E-state index in [4.69, 9.17) is 16.3 Å². The second-order valence-corrected chi connectivity index (χ2v) is 7.14. The van der Waals surface area contributed by atoms with Crippen LogP contribution in [0.4, 0.5) is 0 Å². The lowest BCUT2D eigenvalue weighted by Crippen LogP contribution is -2.40. The van der Waals surface area contributed by atoms with Gasteiger partial charge in [-0.05, 0) is 57.9 Å². The van der Waals surface area contributed by atoms with Crippen molar-refractivity contribution in [2.45, 2.75) is 33.6 Å². The van der Waals surface area contributed by atoms with Crippen LogP contribution in [0.15, 0.2) is 24.3 Å². The summed E-state index contributed by atoms with van der Waals surface area (Å²) in [6.45, 7) is 7.11. The van der Waals surface area contributed by atoms with Crippen molar-refractivity contribution in [1.29, 1.82) is 0 Å². The minimum absolute atomic E-state index is 0.0183. The molecule has 3 rings (SSSR count). The Kier molecular flexibility index (Phi) is 5.85. The van der Waals surface area contributed by atoms with E-state index in [9.17, 15) is 9.59 Å². The first-order valence-corrected chi connectivity index (χ1v) is 9.58. The summed E-state index contributed by atoms with van der Waals surface area (Å²) in [6, 6.07) is 7.35. The van der Waals surface area contributed by atoms with E-state index in [1.54, 1.807) is 28.6 Å². The lowest BCUT2D eigenvalue weighted by Gasteiger charge is -2.31. The molecule has 144 valence electrons. The van der Waals surface area contributed by atoms with Crippen molar-refractivity contribution in [3.63, 3.8) is 0 Å². The lowest BCUT2D eigenvalue weighted by molar-refractivity contribution is -0.149. The summed E-state index contributed by atoms with van der Waals surface area (Å²) in [6.07, 6.45) is 1.29. The Balaban J connectivity index is 1.66. The van der Waals surface area contributed by atoms with Gasteiger partial charge in [0.25, 0.3) is 5.91 Å². The van der Waals surface area contributed by atoms with Crippen molar-refractivity contribution in [2.75, 3.05) is 19.7 Å². The predicted octanol–water partition coefficient (Wildman–Crippen LogP) is 3.56. The second kappa shape index (κ2) is 8.13. The highest BCUT2D eigenvalue weighted by atomic mass is 35.5. The van der Waals surface area contributed by atoms with Crippen LogP contribution in [0.3, 0.4) is 0 Å². The maximum Gasteiger partial charge on any atom is 0.309 e. The molecule has 0 spiro atoms. The number of aryl methyl sites for hydroxylation is 1. The maximum absolute atomic E-state index is 12.7. The fourth-order valence-electron chi connectivity index (χ4n) is 3.38. The van der Waals surface area contributed by atoms with Gasteiger partial charge in [0, 0.05) is 18.7 Å². The van der Waals surface area contributed by atoms with E-state index in [1.807, 2.05) is 26.0 Å². The lowest BCUT2D eigenvalue weighted by atomic mass is 9.96. The van der Waals surface area contributed by atoms with E-state index in [-0.39, 0.29) is 17.8 Å². The number of piperidine rings is 1. The van der Waals surface area contributed by atoms with E-state index >= 15 is 0 Å². The summed E-state index contributed by atoms with van der Waals surface area (Å²) in [4.78, 5) is 26.4. The smallest absolute Gasteiger partial charge is 0.309 e. The fraction of sp³-hybridized carbons (Fsp3) is 0.450. The first kappa shape index (κ1) is 19.4. The summed E-state index contributed by atoms with van der Waals surface area (Å²) in [5.41, 5.74) is 3.13. The number of halogens is 1. The Bertz CT molecular complexity index is 837. The van der Waals surface area contributed by atoms with Crippen molar-refractivity contribution >= 4 is 23.5 Å². The molecule has 0 atom stereocenters. The van der Waals surface area contributed by atoms with Crippen LogP contribution in [0.1, 0.15) is 41.5 Å². The Hall–Kier alpha value is -2.34. The monoisotopic (exact) mass is 389 g/mol. The first-order valence-electron chi connectivity index (χ1n) is 9.20. The summed E-state index contributed by atoms with van der Waals surface area (Å²) < 4.78 is 6.85. The normalized spacial score (nSPS) is 15.0. The predicted molar refractivity (Wildman–Crippen MR) is 103 cm³/mol. The fourth-order valence-corrected chi connectivity index (χ4v) is 3.50. The van der Waals surface area contributed by atoms with E-state index < -0.39 is 0 Å². The Morgan fingerprint density at radius 1 is 1.19 bits per heavy atom. The number of esters is 1. The molecule has 1 amide bonds. The molecular weight excluding hydrogens is 366 g/mol. The number of hydrogen-bond donors (Lipinski definition) is 0. The molecule has 2 aromatic rings. The molecule has 1 saturated heterocycles. The van der Waals surface area contributed by atoms with Gasteiger partial charge in [-0.15, -0.1) is 0 Å². The van der Waals surface area contributed by atoms with Gasteiger partial charge in [0.1, 0.15) is 0 Å². The zero-order valence-electron chi connectivity index (χ0n) is 15.9. The van der Waals surface area contributed by atoms with Crippen LogP contribution in [-0.2, 0) is 9.53 Å². The standard InChI is InChI=1S/C20H24ClN3O3/c1-4-27-20(26)16-9-11-23(12-10-16)19(25)15-5-7-17(8-6-15)24-14(3)18(21)13(2)22-24/h5-8,16H,4,9-12H2,1-3H3. The Labute approximate surface area is 164 Å². The van der Waals surface area contributed by atoms with Crippen LogP contribution in [0.2, 0.25) is 5.02 Å². The molecule has 27 heavy (non-hydrogen) atoms. The van der Waals surface area contributed by atoms with Crippen LogP contribution >= 0.6 is 11.6 Å². The Morgan fingerprint density at radius 2 is 1.81 bits per heavy atom. The third kappa shape index (κ3) is 4.00. The number of aromatic nitrogens is 2. The number of hydrogen-bond acceptors (Lipinski definition) is 4. The molecular formula is C20H24ClN3O3. The van der Waals surface area contributed by atoms with E-state index in [1.165, 1.54) is 0 Å². The van der Waals surface area contributed by atoms with Crippen molar-refractivity contribution in [3.8, 4) is 5.69 Å². The van der Waals surface area contributed by atoms with Crippen LogP contribution in [-0.4, -0.2) is 46.3 Å². The number of amides is 1. The van der Waals surface area contributed by atoms with Gasteiger partial charge in [0.15, 0.2) is 0 Å². The van der Waals surface area contributed by atoms with Crippen molar-refractivity contribution in [1.82, 2.24) is 14.7 Å². The van der Waals surface area contributed by atoms with Gasteiger partial charge < -0.3 is 9.64 Å². The highest BCUT2D eigenvalue weighted by Crippen LogP contribution is 2.24. The van der Waals surface area contributed by atoms with Crippen LogP contribution in [0.5, 0.6) is 0 Å². The molecule has 7 heteroatoms. The molecule has 0 aliphatic carbocycles. The SMILES string of the molecule is CCOC(=O)C1CCN(C(=O)c2ccc(-n3nc(C)c(Cl)c3C)cc2)CC1. The minimum atomic E-state index is -0.155. The zero-order chi connectivity index (χ0) is 19.6. The number of benzene rings is 1. The van der Waals surface area contributed by atoms with Gasteiger partial charge in [-0.2, -0.15) is 5.10 Å².